The second-order valence-corrected chi connectivity index (χ2v) is 6.78. The summed E-state index contributed by atoms with van der Waals surface area (Å²) in [7, 11) is 0. The molecule has 0 aromatic heterocycles. The van der Waals surface area contributed by atoms with Gasteiger partial charge in [0.2, 0.25) is 0 Å². The number of benzene rings is 2. The van der Waals surface area contributed by atoms with Gasteiger partial charge in [-0.2, -0.15) is 0 Å². The Morgan fingerprint density at radius 3 is 2.57 bits per heavy atom. The molecule has 3 rings (SSSR count). The predicted molar refractivity (Wildman–Crippen MR) is 107 cm³/mol. The van der Waals surface area contributed by atoms with Crippen molar-refractivity contribution in [2.75, 3.05) is 5.32 Å². The zero-order chi connectivity index (χ0) is 20.4. The van der Waals surface area contributed by atoms with Gasteiger partial charge in [0.1, 0.15) is 5.82 Å². The largest absolute Gasteiger partial charge is 0.351 e. The van der Waals surface area contributed by atoms with Crippen molar-refractivity contribution in [1.82, 2.24) is 10.6 Å². The van der Waals surface area contributed by atoms with Gasteiger partial charge in [-0.15, -0.1) is 0 Å². The lowest BCUT2D eigenvalue weighted by Gasteiger charge is -2.31. The van der Waals surface area contributed by atoms with Crippen LogP contribution in [0.25, 0.3) is 0 Å². The Morgan fingerprint density at radius 2 is 1.96 bits per heavy atom. The number of non-ortho nitro benzene ring substituents is 1. The minimum Gasteiger partial charge on any atom is -0.351 e. The van der Waals surface area contributed by atoms with Crippen LogP contribution in [0, 0.1) is 15.9 Å². The van der Waals surface area contributed by atoms with Crippen molar-refractivity contribution in [3.8, 4) is 0 Å². The summed E-state index contributed by atoms with van der Waals surface area (Å²) in [6.45, 7) is 1.64. The van der Waals surface area contributed by atoms with Crippen LogP contribution < -0.4 is 16.0 Å². The maximum Gasteiger partial charge on any atom is 0.269 e. The van der Waals surface area contributed by atoms with Crippen LogP contribution in [0.4, 0.5) is 15.8 Å². The third-order valence-electron chi connectivity index (χ3n) is 4.14. The molecule has 1 unspecified atom stereocenters. The minimum absolute atomic E-state index is 0.0983. The van der Waals surface area contributed by atoms with Crippen LogP contribution in [0.2, 0.25) is 5.02 Å². The van der Waals surface area contributed by atoms with E-state index in [1.807, 2.05) is 0 Å². The van der Waals surface area contributed by atoms with Gasteiger partial charge in [-0.1, -0.05) is 17.7 Å². The number of hydrogen-bond donors (Lipinski definition) is 3. The molecule has 1 aliphatic heterocycles. The van der Waals surface area contributed by atoms with Crippen molar-refractivity contribution < 1.29 is 14.1 Å². The van der Waals surface area contributed by atoms with E-state index in [2.05, 4.69) is 16.0 Å². The summed E-state index contributed by atoms with van der Waals surface area (Å²) in [6.07, 6.45) is 0. The molecule has 28 heavy (non-hydrogen) atoms. The maximum absolute atomic E-state index is 14.5. The number of rotatable bonds is 4. The normalized spacial score (nSPS) is 16.2. The van der Waals surface area contributed by atoms with Crippen molar-refractivity contribution >= 4 is 46.2 Å². The van der Waals surface area contributed by atoms with Crippen LogP contribution in [-0.4, -0.2) is 15.9 Å². The van der Waals surface area contributed by atoms with E-state index in [0.29, 0.717) is 11.4 Å². The Labute approximate surface area is 169 Å². The van der Waals surface area contributed by atoms with Crippen LogP contribution in [0.3, 0.4) is 0 Å². The highest BCUT2D eigenvalue weighted by Gasteiger charge is 2.33. The summed E-state index contributed by atoms with van der Waals surface area (Å²) in [5.41, 5.74) is 0.978. The Bertz CT molecular complexity index is 990. The number of halogens is 2. The van der Waals surface area contributed by atoms with Gasteiger partial charge in [0.05, 0.1) is 16.5 Å². The number of nitro groups is 1. The van der Waals surface area contributed by atoms with E-state index in [-0.39, 0.29) is 27.0 Å². The zero-order valence-corrected chi connectivity index (χ0v) is 16.0. The van der Waals surface area contributed by atoms with Gasteiger partial charge < -0.3 is 16.0 Å². The molecule has 1 atom stereocenters. The number of carbonyl (C=O) groups excluding carboxylic acids is 1. The highest BCUT2D eigenvalue weighted by atomic mass is 35.5. The lowest BCUT2D eigenvalue weighted by atomic mass is 9.94. The van der Waals surface area contributed by atoms with Crippen molar-refractivity contribution in [2.24, 2.45) is 0 Å². The number of hydrogen-bond acceptors (Lipinski definition) is 4. The standard InChI is InChI=1S/C18H14ClFN4O3S/c1-9-14(17(25)22-10-5-7-11(8-6-10)24(26)27)16(23-18(28)21-9)15-12(19)3-2-4-13(15)20/h2-8,16H,1H3,(H,22,25)(H2,21,23,28). The fourth-order valence-corrected chi connectivity index (χ4v) is 3.41. The Balaban J connectivity index is 1.96. The molecule has 144 valence electrons. The van der Waals surface area contributed by atoms with Gasteiger partial charge in [-0.25, -0.2) is 4.39 Å². The number of allylic oxidation sites excluding steroid dienone is 1. The third-order valence-corrected chi connectivity index (χ3v) is 4.69. The molecule has 0 radical (unpaired) electrons. The molecule has 7 nitrogen and oxygen atoms in total. The van der Waals surface area contributed by atoms with Crippen molar-refractivity contribution in [3.05, 3.63) is 80.3 Å². The molecule has 1 amide bonds. The summed E-state index contributed by atoms with van der Waals surface area (Å²) >= 11 is 11.3. The first-order chi connectivity index (χ1) is 13.3. The molecule has 1 heterocycles. The lowest BCUT2D eigenvalue weighted by molar-refractivity contribution is -0.384. The molecule has 2 aromatic rings. The number of nitrogens with one attached hydrogen (secondary N) is 3. The molecule has 0 fully saturated rings. The highest BCUT2D eigenvalue weighted by Crippen LogP contribution is 2.34. The van der Waals surface area contributed by atoms with Gasteiger partial charge in [0.15, 0.2) is 5.11 Å². The van der Waals surface area contributed by atoms with E-state index >= 15 is 0 Å². The average Bonchev–Trinajstić information content (AvgIpc) is 2.61. The predicted octanol–water partition coefficient (Wildman–Crippen LogP) is 3.82. The van der Waals surface area contributed by atoms with E-state index in [1.54, 1.807) is 6.92 Å². The van der Waals surface area contributed by atoms with Crippen LogP contribution in [0.1, 0.15) is 18.5 Å². The minimum atomic E-state index is -0.902. The topological polar surface area (TPSA) is 96.3 Å². The van der Waals surface area contributed by atoms with Gasteiger partial charge in [-0.3, -0.25) is 14.9 Å². The van der Waals surface area contributed by atoms with E-state index in [4.69, 9.17) is 23.8 Å². The summed E-state index contributed by atoms with van der Waals surface area (Å²) in [5.74, 6) is -1.11. The molecule has 0 aliphatic carbocycles. The number of anilines is 1. The van der Waals surface area contributed by atoms with Crippen LogP contribution in [0.5, 0.6) is 0 Å². The van der Waals surface area contributed by atoms with E-state index in [0.717, 1.165) is 0 Å². The second-order valence-electron chi connectivity index (χ2n) is 5.96. The number of nitrogens with zero attached hydrogens (tertiary/aromatic N) is 1. The summed E-state index contributed by atoms with van der Waals surface area (Å²) in [4.78, 5) is 23.1. The molecule has 0 bridgehead atoms. The smallest absolute Gasteiger partial charge is 0.269 e. The molecule has 0 spiro atoms. The highest BCUT2D eigenvalue weighted by molar-refractivity contribution is 7.80. The van der Waals surface area contributed by atoms with E-state index in [9.17, 15) is 19.3 Å². The first kappa shape index (κ1) is 19.7. The van der Waals surface area contributed by atoms with Crippen LogP contribution >= 0.6 is 23.8 Å². The number of thiocarbonyl (C=S) groups is 1. The molecular formula is C18H14ClFN4O3S. The lowest BCUT2D eigenvalue weighted by Crippen LogP contribution is -2.46. The molecular weight excluding hydrogens is 407 g/mol. The SMILES string of the molecule is CC1=C(C(=O)Nc2ccc([N+](=O)[O-])cc2)C(c2c(F)cccc2Cl)NC(=S)N1. The number of amides is 1. The van der Waals surface area contributed by atoms with Gasteiger partial charge in [0, 0.05) is 34.1 Å². The van der Waals surface area contributed by atoms with Crippen molar-refractivity contribution in [1.29, 1.82) is 0 Å². The Kier molecular flexibility index (Phi) is 5.57. The molecule has 10 heteroatoms. The Hall–Kier alpha value is -3.04. The monoisotopic (exact) mass is 420 g/mol. The average molecular weight is 421 g/mol. The quantitative estimate of drug-likeness (QED) is 0.395. The summed E-state index contributed by atoms with van der Waals surface area (Å²) in [5, 5.41) is 19.5. The van der Waals surface area contributed by atoms with E-state index in [1.165, 1.54) is 42.5 Å². The molecule has 1 aliphatic rings. The van der Waals surface area contributed by atoms with Crippen LogP contribution in [-0.2, 0) is 4.79 Å². The number of carbonyl (C=O) groups is 1. The molecule has 3 N–H and O–H groups in total. The Morgan fingerprint density at radius 1 is 1.29 bits per heavy atom. The van der Waals surface area contributed by atoms with Crippen molar-refractivity contribution in [2.45, 2.75) is 13.0 Å². The molecule has 0 saturated carbocycles. The second kappa shape index (κ2) is 7.91. The molecule has 2 aromatic carbocycles. The van der Waals surface area contributed by atoms with E-state index < -0.39 is 22.7 Å². The van der Waals surface area contributed by atoms with Gasteiger partial charge in [-0.05, 0) is 43.4 Å². The third kappa shape index (κ3) is 3.95. The number of nitro benzene ring substituents is 1. The molecule has 0 saturated heterocycles. The maximum atomic E-state index is 14.5. The van der Waals surface area contributed by atoms with Gasteiger partial charge >= 0.3 is 0 Å². The fourth-order valence-electron chi connectivity index (χ4n) is 2.86. The summed E-state index contributed by atoms with van der Waals surface area (Å²) in [6, 6.07) is 8.69. The van der Waals surface area contributed by atoms with Gasteiger partial charge in [0.25, 0.3) is 11.6 Å². The zero-order valence-electron chi connectivity index (χ0n) is 14.5. The van der Waals surface area contributed by atoms with Crippen LogP contribution in [0.15, 0.2) is 53.7 Å². The van der Waals surface area contributed by atoms with Crippen molar-refractivity contribution in [3.63, 3.8) is 0 Å². The first-order valence-corrected chi connectivity index (χ1v) is 8.84. The first-order valence-electron chi connectivity index (χ1n) is 8.06. The summed E-state index contributed by atoms with van der Waals surface area (Å²) < 4.78 is 14.5. The fraction of sp³-hybridized carbons (Fsp3) is 0.111.